The predicted molar refractivity (Wildman–Crippen MR) is 121 cm³/mol. The molecule has 0 aliphatic carbocycles. The lowest BCUT2D eigenvalue weighted by molar-refractivity contribution is -0.296. The number of phosphoric ester groups is 1. The van der Waals surface area contributed by atoms with Crippen LogP contribution < -0.4 is 0 Å². The fourth-order valence-corrected chi connectivity index (χ4v) is 4.22. The molecule has 0 amide bonds. The zero-order valence-corrected chi connectivity index (χ0v) is 21.2. The van der Waals surface area contributed by atoms with E-state index < -0.39 is 68.5 Å². The maximum atomic E-state index is 13.2. The third-order valence-corrected chi connectivity index (χ3v) is 5.52. The fraction of sp³-hybridized carbons (Fsp3) is 0.545. The molecule has 0 spiro atoms. The van der Waals surface area contributed by atoms with Crippen LogP contribution in [0.2, 0.25) is 0 Å². The summed E-state index contributed by atoms with van der Waals surface area (Å²) in [5, 5.41) is 0. The third kappa shape index (κ3) is 9.56. The first kappa shape index (κ1) is 31.0. The van der Waals surface area contributed by atoms with Gasteiger partial charge in [0, 0.05) is 27.7 Å². The first-order valence-electron chi connectivity index (χ1n) is 10.5. The van der Waals surface area contributed by atoms with E-state index in [1.807, 2.05) is 0 Å². The first-order chi connectivity index (χ1) is 16.9. The molecular weight excluding hydrogens is 503 g/mol. The number of phosphoric acid groups is 1. The molecule has 1 saturated heterocycles. The number of ether oxygens (including phenoxy) is 5. The van der Waals surface area contributed by atoms with Gasteiger partial charge in [-0.2, -0.15) is 0 Å². The van der Waals surface area contributed by atoms with Gasteiger partial charge >= 0.3 is 31.7 Å². The normalized spacial score (nSPS) is 24.4. The highest BCUT2D eigenvalue weighted by molar-refractivity contribution is 7.48. The van der Waals surface area contributed by atoms with Gasteiger partial charge in [-0.15, -0.1) is 19.6 Å². The summed E-state index contributed by atoms with van der Waals surface area (Å²) in [5.41, 5.74) is 0. The van der Waals surface area contributed by atoms with E-state index in [4.69, 9.17) is 43.7 Å². The van der Waals surface area contributed by atoms with Gasteiger partial charge in [0.1, 0.15) is 6.10 Å². The van der Waals surface area contributed by atoms with E-state index in [0.29, 0.717) is 0 Å². The molecule has 1 fully saturated rings. The van der Waals surface area contributed by atoms with E-state index in [-0.39, 0.29) is 13.2 Å². The minimum atomic E-state index is -4.47. The summed E-state index contributed by atoms with van der Waals surface area (Å²) in [6, 6.07) is 0. The van der Waals surface area contributed by atoms with Crippen molar-refractivity contribution < 1.29 is 61.0 Å². The highest BCUT2D eigenvalue weighted by atomic mass is 31.2. The molecule has 0 aromatic heterocycles. The molecule has 1 aliphatic heterocycles. The maximum absolute atomic E-state index is 13.2. The highest BCUT2D eigenvalue weighted by Gasteiger charge is 2.56. The maximum Gasteiger partial charge on any atom is 0.477 e. The second kappa shape index (κ2) is 14.5. The van der Waals surface area contributed by atoms with E-state index in [1.165, 1.54) is 12.2 Å². The van der Waals surface area contributed by atoms with Gasteiger partial charge < -0.3 is 23.7 Å². The van der Waals surface area contributed by atoms with E-state index in [1.54, 1.807) is 0 Å². The van der Waals surface area contributed by atoms with Gasteiger partial charge in [0.2, 0.25) is 6.29 Å². The average molecular weight is 532 g/mol. The summed E-state index contributed by atoms with van der Waals surface area (Å²) in [6.07, 6.45) is -1.73. The molecule has 6 atom stereocenters. The van der Waals surface area contributed by atoms with Gasteiger partial charge in [0.05, 0.1) is 13.2 Å². The van der Waals surface area contributed by atoms with Crippen LogP contribution in [0.5, 0.6) is 0 Å². The predicted octanol–water partition coefficient (Wildman–Crippen LogP) is 1.60. The minimum Gasteiger partial charge on any atom is -0.455 e. The molecule has 36 heavy (non-hydrogen) atoms. The van der Waals surface area contributed by atoms with Crippen molar-refractivity contribution in [3.05, 3.63) is 25.3 Å². The van der Waals surface area contributed by atoms with E-state index in [9.17, 15) is 23.7 Å². The minimum absolute atomic E-state index is 0.285. The standard InChI is InChI=1S/C22H29O13P/c1-8-11-28-36(27,29-12-9-2)35-22-21(33-16(7)26)20(32-15(6)25)19(31-14(5)24)18(34-22)17(10-3)30-13(4)23/h3,8-9,17-22H,1-2,11-12H2,4-7H3/t17-,18+,19+,20-,21-,22-/m0/s1. The number of terminal acetylenes is 1. The lowest BCUT2D eigenvalue weighted by atomic mass is 9.94. The summed E-state index contributed by atoms with van der Waals surface area (Å²) < 4.78 is 55.6. The fourth-order valence-electron chi connectivity index (χ4n) is 3.02. The lowest BCUT2D eigenvalue weighted by Gasteiger charge is -2.45. The van der Waals surface area contributed by atoms with Crippen molar-refractivity contribution >= 4 is 31.7 Å². The molecule has 0 saturated carbocycles. The molecule has 1 heterocycles. The number of carbonyl (C=O) groups is 4. The molecule has 0 unspecified atom stereocenters. The van der Waals surface area contributed by atoms with Crippen LogP contribution in [0.25, 0.3) is 0 Å². The lowest BCUT2D eigenvalue weighted by Crippen LogP contribution is -2.64. The average Bonchev–Trinajstić information content (AvgIpc) is 2.77. The van der Waals surface area contributed by atoms with Crippen molar-refractivity contribution in [3.8, 4) is 12.3 Å². The van der Waals surface area contributed by atoms with Gasteiger partial charge in [-0.05, 0) is 0 Å². The monoisotopic (exact) mass is 532 g/mol. The Hall–Kier alpha value is -3.01. The van der Waals surface area contributed by atoms with E-state index in [2.05, 4.69) is 19.1 Å². The number of esters is 4. The highest BCUT2D eigenvalue weighted by Crippen LogP contribution is 2.52. The Morgan fingerprint density at radius 1 is 0.889 bits per heavy atom. The van der Waals surface area contributed by atoms with Crippen molar-refractivity contribution in [1.82, 2.24) is 0 Å². The van der Waals surface area contributed by atoms with Crippen molar-refractivity contribution in [2.24, 2.45) is 0 Å². The van der Waals surface area contributed by atoms with Gasteiger partial charge in [-0.25, -0.2) is 4.57 Å². The number of rotatable bonds is 13. The summed E-state index contributed by atoms with van der Waals surface area (Å²) in [7, 11) is -4.47. The zero-order chi connectivity index (χ0) is 27.5. The van der Waals surface area contributed by atoms with Crippen LogP contribution in [0.4, 0.5) is 0 Å². The topological polar surface area (TPSA) is 159 Å². The van der Waals surface area contributed by atoms with Crippen LogP contribution in [-0.2, 0) is 61.0 Å². The second-order valence-corrected chi connectivity index (χ2v) is 8.73. The molecular formula is C22H29O13P. The Morgan fingerprint density at radius 2 is 1.36 bits per heavy atom. The van der Waals surface area contributed by atoms with Crippen LogP contribution >= 0.6 is 7.82 Å². The molecule has 0 aromatic carbocycles. The summed E-state index contributed by atoms with van der Waals surface area (Å²) in [4.78, 5) is 47.3. The van der Waals surface area contributed by atoms with Crippen LogP contribution in [0, 0.1) is 12.3 Å². The van der Waals surface area contributed by atoms with E-state index in [0.717, 1.165) is 27.7 Å². The third-order valence-electron chi connectivity index (χ3n) is 4.13. The molecule has 13 nitrogen and oxygen atoms in total. The van der Waals surface area contributed by atoms with Crippen molar-refractivity contribution in [3.63, 3.8) is 0 Å². The smallest absolute Gasteiger partial charge is 0.455 e. The molecule has 0 radical (unpaired) electrons. The second-order valence-electron chi connectivity index (χ2n) is 7.11. The largest absolute Gasteiger partial charge is 0.477 e. The van der Waals surface area contributed by atoms with Crippen molar-refractivity contribution in [2.75, 3.05) is 13.2 Å². The van der Waals surface area contributed by atoms with E-state index >= 15 is 0 Å². The van der Waals surface area contributed by atoms with Crippen molar-refractivity contribution in [1.29, 1.82) is 0 Å². The Labute approximate surface area is 208 Å². The first-order valence-corrected chi connectivity index (χ1v) is 11.9. The Balaban J connectivity index is 3.64. The Morgan fingerprint density at radius 3 is 1.78 bits per heavy atom. The van der Waals surface area contributed by atoms with Gasteiger partial charge in [-0.1, -0.05) is 18.1 Å². The molecule has 200 valence electrons. The number of hydrogen-bond acceptors (Lipinski definition) is 13. The summed E-state index contributed by atoms with van der Waals surface area (Å²) in [6.45, 7) is 10.5. The van der Waals surface area contributed by atoms with Crippen molar-refractivity contribution in [2.45, 2.75) is 64.5 Å². The quantitative estimate of drug-likeness (QED) is 0.111. The molecule has 1 aliphatic rings. The van der Waals surface area contributed by atoms with Gasteiger partial charge in [0.15, 0.2) is 24.4 Å². The molecule has 0 N–H and O–H groups in total. The molecule has 0 bridgehead atoms. The van der Waals surface area contributed by atoms with Crippen LogP contribution in [0.3, 0.4) is 0 Å². The summed E-state index contributed by atoms with van der Waals surface area (Å²) >= 11 is 0. The van der Waals surface area contributed by atoms with Crippen LogP contribution in [0.15, 0.2) is 25.3 Å². The summed E-state index contributed by atoms with van der Waals surface area (Å²) in [5.74, 6) is -1.29. The van der Waals surface area contributed by atoms with Gasteiger partial charge in [0.25, 0.3) is 0 Å². The SMILES string of the molecule is C#C[C@H](OC(C)=O)[C@H]1O[C@@H](OP(=O)(OCC=C)OCC=C)[C@@H](OC(C)=O)[C@@H](OC(C)=O)[C@@H]1OC(C)=O. The molecule has 0 aromatic rings. The van der Waals surface area contributed by atoms with Crippen LogP contribution in [0.1, 0.15) is 27.7 Å². The van der Waals surface area contributed by atoms with Crippen LogP contribution in [-0.4, -0.2) is 73.9 Å². The zero-order valence-electron chi connectivity index (χ0n) is 20.3. The Bertz CT molecular complexity index is 907. The van der Waals surface area contributed by atoms with Gasteiger partial charge in [-0.3, -0.25) is 32.7 Å². The molecule has 14 heteroatoms. The number of hydrogen-bond donors (Lipinski definition) is 0. The Kier molecular flexibility index (Phi) is 12.5. The molecule has 1 rings (SSSR count). The number of carbonyl (C=O) groups excluding carboxylic acids is 4.